The maximum Gasteiger partial charge on any atom is 0.332 e. The molecule has 0 aromatic heterocycles. The molecule has 0 aliphatic carbocycles. The number of amides is 2. The summed E-state index contributed by atoms with van der Waals surface area (Å²) in [5.74, 6) is 1.31. The van der Waals surface area contributed by atoms with E-state index in [-0.39, 0.29) is 0 Å². The van der Waals surface area contributed by atoms with Crippen molar-refractivity contribution in [1.82, 2.24) is 5.43 Å². The van der Waals surface area contributed by atoms with Gasteiger partial charge in [0.25, 0.3) is 0 Å². The van der Waals surface area contributed by atoms with Gasteiger partial charge in [0.05, 0.1) is 19.9 Å². The van der Waals surface area contributed by atoms with E-state index in [4.69, 9.17) is 15.2 Å². The lowest BCUT2D eigenvalue weighted by Crippen LogP contribution is -2.25. The van der Waals surface area contributed by atoms with Crippen LogP contribution in [0.5, 0.6) is 11.5 Å². The molecule has 0 radical (unpaired) electrons. The van der Waals surface area contributed by atoms with E-state index >= 15 is 0 Å². The average molecular weight is 237 g/mol. The third-order valence-electron chi connectivity index (χ3n) is 2.13. The summed E-state index contributed by atoms with van der Waals surface area (Å²) in [4.78, 5) is 10.6. The van der Waals surface area contributed by atoms with Gasteiger partial charge < -0.3 is 15.2 Å². The van der Waals surface area contributed by atoms with E-state index in [9.17, 15) is 4.79 Å². The van der Waals surface area contributed by atoms with Crippen LogP contribution < -0.4 is 20.6 Å². The Morgan fingerprint density at radius 1 is 1.35 bits per heavy atom. The molecule has 6 nitrogen and oxygen atoms in total. The van der Waals surface area contributed by atoms with Crippen molar-refractivity contribution < 1.29 is 14.3 Å². The first kappa shape index (κ1) is 12.8. The Hall–Kier alpha value is -2.24. The number of hydrogen-bond acceptors (Lipinski definition) is 4. The summed E-state index contributed by atoms with van der Waals surface area (Å²) in [6, 6.07) is 4.58. The van der Waals surface area contributed by atoms with Crippen molar-refractivity contribution in [1.29, 1.82) is 0 Å². The highest BCUT2D eigenvalue weighted by molar-refractivity contribution is 6.01. The molecule has 6 heteroatoms. The number of primary amides is 1. The molecule has 0 atom stereocenters. The maximum atomic E-state index is 10.6. The van der Waals surface area contributed by atoms with Crippen LogP contribution in [-0.2, 0) is 0 Å². The Morgan fingerprint density at radius 3 is 2.59 bits per heavy atom. The second kappa shape index (κ2) is 5.74. The third-order valence-corrected chi connectivity index (χ3v) is 2.13. The van der Waals surface area contributed by atoms with Gasteiger partial charge in [-0.3, -0.25) is 0 Å². The molecule has 0 unspecified atom stereocenters. The minimum absolute atomic E-state index is 0.569. The Labute approximate surface area is 99.4 Å². The highest BCUT2D eigenvalue weighted by Gasteiger charge is 2.08. The topological polar surface area (TPSA) is 85.9 Å². The normalized spacial score (nSPS) is 10.9. The molecule has 2 amide bonds. The van der Waals surface area contributed by atoms with Gasteiger partial charge >= 0.3 is 6.03 Å². The Bertz CT molecular complexity index is 444. The zero-order chi connectivity index (χ0) is 12.8. The van der Waals surface area contributed by atoms with Crippen LogP contribution in [0.25, 0.3) is 0 Å². The molecule has 92 valence electrons. The number of hydrogen-bond donors (Lipinski definition) is 2. The standard InChI is InChI=1S/C11H15N3O3/c1-7(13-14-11(12)15)9-6-8(16-2)4-5-10(9)17-3/h4-6H,1-3H3,(H3,12,14,15)/b13-7+. The van der Waals surface area contributed by atoms with Gasteiger partial charge in [-0.25, -0.2) is 10.2 Å². The molecular formula is C11H15N3O3. The van der Waals surface area contributed by atoms with Crippen molar-refractivity contribution in [2.24, 2.45) is 10.8 Å². The lowest BCUT2D eigenvalue weighted by Gasteiger charge is -2.09. The fraction of sp³-hybridized carbons (Fsp3) is 0.273. The second-order valence-corrected chi connectivity index (χ2v) is 3.24. The van der Waals surface area contributed by atoms with Gasteiger partial charge in [-0.15, -0.1) is 0 Å². The molecule has 0 saturated carbocycles. The molecular weight excluding hydrogens is 222 g/mol. The van der Waals surface area contributed by atoms with Crippen molar-refractivity contribution in [3.05, 3.63) is 23.8 Å². The molecule has 17 heavy (non-hydrogen) atoms. The molecule has 0 aliphatic heterocycles. The summed E-state index contributed by atoms with van der Waals surface area (Å²) >= 11 is 0. The average Bonchev–Trinajstić information content (AvgIpc) is 2.34. The number of urea groups is 1. The summed E-state index contributed by atoms with van der Waals surface area (Å²) in [5, 5.41) is 3.83. The van der Waals surface area contributed by atoms with Crippen LogP contribution in [0.2, 0.25) is 0 Å². The molecule has 0 aliphatic rings. The van der Waals surface area contributed by atoms with Crippen molar-refractivity contribution in [3.8, 4) is 11.5 Å². The first-order valence-corrected chi connectivity index (χ1v) is 4.90. The second-order valence-electron chi connectivity index (χ2n) is 3.24. The van der Waals surface area contributed by atoms with E-state index < -0.39 is 6.03 Å². The lowest BCUT2D eigenvalue weighted by atomic mass is 10.1. The molecule has 0 saturated heterocycles. The number of nitrogens with zero attached hydrogens (tertiary/aromatic N) is 1. The van der Waals surface area contributed by atoms with E-state index in [1.54, 1.807) is 39.3 Å². The molecule has 0 fully saturated rings. The van der Waals surface area contributed by atoms with Gasteiger partial charge in [0.2, 0.25) is 0 Å². The number of hydrazone groups is 1. The first-order valence-electron chi connectivity index (χ1n) is 4.90. The van der Waals surface area contributed by atoms with Gasteiger partial charge in [-0.1, -0.05) is 0 Å². The SMILES string of the molecule is COc1ccc(OC)c(/C(C)=N/NC(N)=O)c1. The van der Waals surface area contributed by atoms with Gasteiger partial charge in [0.1, 0.15) is 11.5 Å². The largest absolute Gasteiger partial charge is 0.497 e. The van der Waals surface area contributed by atoms with Crippen LogP contribution in [0.4, 0.5) is 4.79 Å². The zero-order valence-electron chi connectivity index (χ0n) is 9.98. The van der Waals surface area contributed by atoms with E-state index in [1.165, 1.54) is 0 Å². The number of ether oxygens (including phenoxy) is 2. The quantitative estimate of drug-likeness (QED) is 0.607. The Morgan fingerprint density at radius 2 is 2.06 bits per heavy atom. The summed E-state index contributed by atoms with van der Waals surface area (Å²) in [6.45, 7) is 1.73. The molecule has 0 heterocycles. The zero-order valence-corrected chi connectivity index (χ0v) is 9.98. The van der Waals surface area contributed by atoms with Crippen molar-refractivity contribution in [2.75, 3.05) is 14.2 Å². The van der Waals surface area contributed by atoms with Gasteiger partial charge in [0.15, 0.2) is 0 Å². The fourth-order valence-electron chi connectivity index (χ4n) is 1.30. The minimum atomic E-state index is -0.716. The van der Waals surface area contributed by atoms with E-state index in [2.05, 4.69) is 10.5 Å². The minimum Gasteiger partial charge on any atom is -0.497 e. The predicted octanol–water partition coefficient (Wildman–Crippen LogP) is 1.10. The van der Waals surface area contributed by atoms with Crippen LogP contribution in [0, 0.1) is 0 Å². The van der Waals surface area contributed by atoms with Crippen molar-refractivity contribution in [2.45, 2.75) is 6.92 Å². The Kier molecular flexibility index (Phi) is 4.33. The fourth-order valence-corrected chi connectivity index (χ4v) is 1.30. The monoisotopic (exact) mass is 237 g/mol. The molecule has 3 N–H and O–H groups in total. The summed E-state index contributed by atoms with van der Waals surface area (Å²) in [6.07, 6.45) is 0. The van der Waals surface area contributed by atoms with Gasteiger partial charge in [-0.05, 0) is 25.1 Å². The van der Waals surface area contributed by atoms with E-state index in [0.29, 0.717) is 17.2 Å². The Balaban J connectivity index is 3.08. The first-order chi connectivity index (χ1) is 8.08. The number of benzene rings is 1. The van der Waals surface area contributed by atoms with Crippen molar-refractivity contribution >= 4 is 11.7 Å². The van der Waals surface area contributed by atoms with Crippen LogP contribution in [0.1, 0.15) is 12.5 Å². The molecule has 1 aromatic carbocycles. The van der Waals surface area contributed by atoms with Crippen LogP contribution in [-0.4, -0.2) is 26.0 Å². The van der Waals surface area contributed by atoms with Crippen molar-refractivity contribution in [3.63, 3.8) is 0 Å². The third kappa shape index (κ3) is 3.37. The molecule has 1 rings (SSSR count). The van der Waals surface area contributed by atoms with Gasteiger partial charge in [0, 0.05) is 5.56 Å². The summed E-state index contributed by atoms with van der Waals surface area (Å²) in [7, 11) is 3.12. The van der Waals surface area contributed by atoms with E-state index in [1.807, 2.05) is 0 Å². The summed E-state index contributed by atoms with van der Waals surface area (Å²) < 4.78 is 10.3. The number of carbonyl (C=O) groups is 1. The molecule has 1 aromatic rings. The highest BCUT2D eigenvalue weighted by Crippen LogP contribution is 2.24. The maximum absolute atomic E-state index is 10.6. The lowest BCUT2D eigenvalue weighted by molar-refractivity contribution is 0.249. The van der Waals surface area contributed by atoms with Crippen LogP contribution >= 0.6 is 0 Å². The van der Waals surface area contributed by atoms with E-state index in [0.717, 1.165) is 5.56 Å². The smallest absolute Gasteiger partial charge is 0.332 e. The van der Waals surface area contributed by atoms with Gasteiger partial charge in [-0.2, -0.15) is 5.10 Å². The van der Waals surface area contributed by atoms with Crippen LogP contribution in [0.15, 0.2) is 23.3 Å². The molecule has 0 spiro atoms. The number of rotatable bonds is 4. The highest BCUT2D eigenvalue weighted by atomic mass is 16.5. The summed E-state index contributed by atoms with van der Waals surface area (Å²) in [5.41, 5.74) is 8.39. The molecule has 0 bridgehead atoms. The number of methoxy groups -OCH3 is 2. The number of carbonyl (C=O) groups excluding carboxylic acids is 1. The number of nitrogens with one attached hydrogen (secondary N) is 1. The number of nitrogens with two attached hydrogens (primary N) is 1. The van der Waals surface area contributed by atoms with Crippen LogP contribution in [0.3, 0.4) is 0 Å². The predicted molar refractivity (Wildman–Crippen MR) is 64.5 cm³/mol.